The van der Waals surface area contributed by atoms with Crippen LogP contribution in [0.2, 0.25) is 0 Å². The number of hydrogen-bond donors (Lipinski definition) is 1. The van der Waals surface area contributed by atoms with Crippen LogP contribution in [0.4, 0.5) is 5.69 Å². The summed E-state index contributed by atoms with van der Waals surface area (Å²) in [5, 5.41) is 7.30. The van der Waals surface area contributed by atoms with Gasteiger partial charge in [0.1, 0.15) is 0 Å². The van der Waals surface area contributed by atoms with E-state index in [0.717, 1.165) is 33.3 Å². The van der Waals surface area contributed by atoms with E-state index < -0.39 is 5.91 Å². The summed E-state index contributed by atoms with van der Waals surface area (Å²) in [6, 6.07) is 19.7. The Kier molecular flexibility index (Phi) is 5.24. The molecule has 5 aromatic rings. The van der Waals surface area contributed by atoms with Gasteiger partial charge in [0.2, 0.25) is 11.5 Å². The fraction of sp³-hybridized carbons (Fsp3) is 0.185. The van der Waals surface area contributed by atoms with Gasteiger partial charge in [-0.05, 0) is 68.1 Å². The Morgan fingerprint density at radius 2 is 1.53 bits per heavy atom. The maximum Gasteiger partial charge on any atom is 0.296 e. The van der Waals surface area contributed by atoms with Crippen LogP contribution in [0.5, 0.6) is 0 Å². The van der Waals surface area contributed by atoms with Gasteiger partial charge in [-0.1, -0.05) is 48.0 Å². The number of carbonyl (C=O) groups excluding carboxylic acids is 1. The van der Waals surface area contributed by atoms with E-state index >= 15 is 0 Å². The Balaban J connectivity index is 1.64. The number of aromatic nitrogens is 4. The maximum atomic E-state index is 13.5. The van der Waals surface area contributed by atoms with Crippen LogP contribution in [0, 0.1) is 27.7 Å². The van der Waals surface area contributed by atoms with E-state index in [1.165, 1.54) is 4.52 Å². The summed E-state index contributed by atoms with van der Waals surface area (Å²) in [6.45, 7) is 8.29. The van der Waals surface area contributed by atoms with Gasteiger partial charge in [-0.3, -0.25) is 14.2 Å². The van der Waals surface area contributed by atoms with E-state index in [1.54, 1.807) is 4.57 Å². The van der Waals surface area contributed by atoms with Crippen LogP contribution in [0.1, 0.15) is 38.4 Å². The number of nitrogens with one attached hydrogen (secondary N) is 1. The highest BCUT2D eigenvalue weighted by Gasteiger charge is 2.20. The minimum atomic E-state index is -0.456. The lowest BCUT2D eigenvalue weighted by molar-refractivity contribution is 0.101. The van der Waals surface area contributed by atoms with E-state index in [1.807, 2.05) is 88.4 Å². The van der Waals surface area contributed by atoms with Gasteiger partial charge in [0.15, 0.2) is 0 Å². The molecule has 0 fully saturated rings. The van der Waals surface area contributed by atoms with Crippen molar-refractivity contribution in [1.29, 1.82) is 0 Å². The molecular weight excluding hydrogens is 426 g/mol. The molecule has 0 saturated heterocycles. The lowest BCUT2D eigenvalue weighted by Crippen LogP contribution is -2.24. The van der Waals surface area contributed by atoms with Gasteiger partial charge in [-0.2, -0.15) is 4.98 Å². The van der Waals surface area contributed by atoms with Crippen molar-refractivity contribution in [2.24, 2.45) is 0 Å². The fourth-order valence-electron chi connectivity index (χ4n) is 4.06. The predicted octanol–water partition coefficient (Wildman–Crippen LogP) is 4.58. The van der Waals surface area contributed by atoms with E-state index in [9.17, 15) is 9.59 Å². The molecule has 1 N–H and O–H groups in total. The lowest BCUT2D eigenvalue weighted by atomic mass is 10.1. The summed E-state index contributed by atoms with van der Waals surface area (Å²) in [5.74, 6) is -0.505. The van der Waals surface area contributed by atoms with Crippen molar-refractivity contribution in [2.75, 3.05) is 5.32 Å². The van der Waals surface area contributed by atoms with Crippen LogP contribution in [0.25, 0.3) is 16.7 Å². The topological polar surface area (TPSA) is 81.3 Å². The second-order valence-electron chi connectivity index (χ2n) is 8.81. The third-order valence-corrected chi connectivity index (χ3v) is 6.00. The maximum absolute atomic E-state index is 13.5. The number of benzene rings is 3. The van der Waals surface area contributed by atoms with E-state index in [-0.39, 0.29) is 17.0 Å². The van der Waals surface area contributed by atoms with Gasteiger partial charge in [-0.25, -0.2) is 4.52 Å². The third-order valence-electron chi connectivity index (χ3n) is 6.00. The van der Waals surface area contributed by atoms with Gasteiger partial charge in [-0.15, -0.1) is 5.10 Å². The Morgan fingerprint density at radius 1 is 0.853 bits per heavy atom. The van der Waals surface area contributed by atoms with Crippen molar-refractivity contribution in [1.82, 2.24) is 19.2 Å². The molecule has 0 saturated carbocycles. The molecule has 5 rings (SSSR count). The van der Waals surface area contributed by atoms with E-state index in [0.29, 0.717) is 17.7 Å². The Bertz CT molecular complexity index is 1630. The largest absolute Gasteiger partial charge is 0.319 e. The lowest BCUT2D eigenvalue weighted by Gasteiger charge is -2.12. The van der Waals surface area contributed by atoms with Crippen LogP contribution >= 0.6 is 0 Å². The molecule has 0 aliphatic heterocycles. The van der Waals surface area contributed by atoms with Crippen molar-refractivity contribution in [2.45, 2.75) is 34.2 Å². The molecule has 7 heteroatoms. The summed E-state index contributed by atoms with van der Waals surface area (Å²) in [6.07, 6.45) is 0. The average Bonchev–Trinajstić information content (AvgIpc) is 3.26. The molecule has 0 unspecified atom stereocenters. The summed E-state index contributed by atoms with van der Waals surface area (Å²) >= 11 is 0. The summed E-state index contributed by atoms with van der Waals surface area (Å²) in [4.78, 5) is 30.9. The molecule has 2 aromatic heterocycles. The predicted molar refractivity (Wildman–Crippen MR) is 134 cm³/mol. The zero-order valence-electron chi connectivity index (χ0n) is 19.6. The fourth-order valence-corrected chi connectivity index (χ4v) is 4.06. The standard InChI is InChI=1S/C27H25N5O2/c1-16-6-10-20(11-7-16)15-31-23-14-18(3)8-12-22(23)32-25(27(31)34)29-24(30-32)26(33)28-21-13-17(2)5-9-19(21)4/h5-14H,15H2,1-4H3,(H,28,33). The van der Waals surface area contributed by atoms with Crippen LogP contribution in [-0.4, -0.2) is 25.1 Å². The molecule has 34 heavy (non-hydrogen) atoms. The van der Waals surface area contributed by atoms with Gasteiger partial charge in [0.05, 0.1) is 17.6 Å². The van der Waals surface area contributed by atoms with Crippen molar-refractivity contribution < 1.29 is 4.79 Å². The molecule has 0 aliphatic carbocycles. The van der Waals surface area contributed by atoms with Gasteiger partial charge in [0, 0.05) is 5.69 Å². The number of hydrogen-bond acceptors (Lipinski definition) is 4. The first kappa shape index (κ1) is 21.6. The van der Waals surface area contributed by atoms with Crippen molar-refractivity contribution in [3.05, 3.63) is 105 Å². The van der Waals surface area contributed by atoms with E-state index in [4.69, 9.17) is 0 Å². The number of aryl methyl sites for hydroxylation is 4. The van der Waals surface area contributed by atoms with Crippen LogP contribution in [0.3, 0.4) is 0 Å². The van der Waals surface area contributed by atoms with Gasteiger partial charge < -0.3 is 5.32 Å². The first-order valence-electron chi connectivity index (χ1n) is 11.1. The molecule has 0 atom stereocenters. The molecule has 0 spiro atoms. The summed E-state index contributed by atoms with van der Waals surface area (Å²) in [5.41, 5.74) is 7.13. The normalized spacial score (nSPS) is 11.3. The van der Waals surface area contributed by atoms with Crippen molar-refractivity contribution >= 4 is 28.3 Å². The molecule has 7 nitrogen and oxygen atoms in total. The number of nitrogens with zero attached hydrogens (tertiary/aromatic N) is 4. The quantitative estimate of drug-likeness (QED) is 0.434. The van der Waals surface area contributed by atoms with Gasteiger partial charge in [0.25, 0.3) is 11.5 Å². The molecule has 2 heterocycles. The second kappa shape index (κ2) is 8.26. The smallest absolute Gasteiger partial charge is 0.296 e. The summed E-state index contributed by atoms with van der Waals surface area (Å²) < 4.78 is 3.17. The number of anilines is 1. The number of amides is 1. The Morgan fingerprint density at radius 3 is 2.29 bits per heavy atom. The number of rotatable bonds is 4. The first-order valence-corrected chi connectivity index (χ1v) is 11.1. The minimum absolute atomic E-state index is 0.0482. The van der Waals surface area contributed by atoms with Crippen molar-refractivity contribution in [3.63, 3.8) is 0 Å². The Labute approximate surface area is 196 Å². The minimum Gasteiger partial charge on any atom is -0.319 e. The van der Waals surface area contributed by atoms with E-state index in [2.05, 4.69) is 15.4 Å². The highest BCUT2D eigenvalue weighted by molar-refractivity contribution is 6.02. The molecule has 3 aromatic carbocycles. The number of carbonyl (C=O) groups is 1. The van der Waals surface area contributed by atoms with Crippen LogP contribution in [-0.2, 0) is 6.54 Å². The highest BCUT2D eigenvalue weighted by atomic mass is 16.2. The molecule has 1 amide bonds. The SMILES string of the molecule is Cc1ccc(Cn2c(=O)c3nc(C(=O)Nc4cc(C)ccc4C)nn3c3ccc(C)cc32)cc1. The zero-order valence-corrected chi connectivity index (χ0v) is 19.6. The Hall–Kier alpha value is -4.26. The molecule has 0 aliphatic rings. The molecule has 0 bridgehead atoms. The number of fused-ring (bicyclic) bond motifs is 3. The summed E-state index contributed by atoms with van der Waals surface area (Å²) in [7, 11) is 0. The average molecular weight is 452 g/mol. The molecular formula is C27H25N5O2. The van der Waals surface area contributed by atoms with Crippen LogP contribution < -0.4 is 10.9 Å². The second-order valence-corrected chi connectivity index (χ2v) is 8.81. The van der Waals surface area contributed by atoms with Gasteiger partial charge >= 0.3 is 0 Å². The van der Waals surface area contributed by atoms with Crippen molar-refractivity contribution in [3.8, 4) is 0 Å². The molecule has 170 valence electrons. The monoisotopic (exact) mass is 451 g/mol. The third kappa shape index (κ3) is 3.85. The first-order chi connectivity index (χ1) is 16.3. The van der Waals surface area contributed by atoms with Crippen LogP contribution in [0.15, 0.2) is 65.5 Å². The molecule has 0 radical (unpaired) electrons. The highest BCUT2D eigenvalue weighted by Crippen LogP contribution is 2.19. The zero-order chi connectivity index (χ0) is 24.0.